The van der Waals surface area contributed by atoms with Crippen LogP contribution in [0.3, 0.4) is 0 Å². The predicted octanol–water partition coefficient (Wildman–Crippen LogP) is 3.98. The number of benzene rings is 2. The quantitative estimate of drug-likeness (QED) is 0.777. The lowest BCUT2D eigenvalue weighted by Crippen LogP contribution is -2.00. The molecule has 0 saturated carbocycles. The summed E-state index contributed by atoms with van der Waals surface area (Å²) < 4.78 is 1.80. The number of nitrogen functional groups attached to an aromatic ring is 1. The van der Waals surface area contributed by atoms with Gasteiger partial charge in [0.15, 0.2) is 0 Å². The van der Waals surface area contributed by atoms with Crippen LogP contribution in [0.2, 0.25) is 10.0 Å². The molecule has 0 saturated heterocycles. The van der Waals surface area contributed by atoms with Gasteiger partial charge in [0, 0.05) is 5.69 Å². The first-order valence-electron chi connectivity index (χ1n) is 6.19. The third-order valence-electron chi connectivity index (χ3n) is 3.20. The molecule has 0 fully saturated rings. The zero-order valence-electron chi connectivity index (χ0n) is 10.8. The Labute approximate surface area is 131 Å². The summed E-state index contributed by atoms with van der Waals surface area (Å²) in [7, 11) is 0. The first kappa shape index (κ1) is 13.7. The molecule has 0 atom stereocenters. The summed E-state index contributed by atoms with van der Waals surface area (Å²) in [5.41, 5.74) is 9.27. The molecule has 4 nitrogen and oxygen atoms in total. The van der Waals surface area contributed by atoms with Crippen molar-refractivity contribution in [3.63, 3.8) is 0 Å². The Kier molecular flexibility index (Phi) is 3.46. The fourth-order valence-electron chi connectivity index (χ4n) is 2.22. The predicted molar refractivity (Wildman–Crippen MR) is 84.8 cm³/mol. The topological polar surface area (TPSA) is 67.6 Å². The lowest BCUT2D eigenvalue weighted by molar-refractivity contribution is 1.10. The number of nitriles is 1. The minimum Gasteiger partial charge on any atom is -0.369 e. The van der Waals surface area contributed by atoms with Crippen molar-refractivity contribution >= 4 is 40.2 Å². The van der Waals surface area contributed by atoms with E-state index in [2.05, 4.69) is 11.1 Å². The number of anilines is 1. The van der Waals surface area contributed by atoms with Crippen LogP contribution in [-0.4, -0.2) is 9.55 Å². The molecule has 0 unspecified atom stereocenters. The highest BCUT2D eigenvalue weighted by atomic mass is 35.5. The van der Waals surface area contributed by atoms with Gasteiger partial charge in [0.1, 0.15) is 0 Å². The van der Waals surface area contributed by atoms with Crippen molar-refractivity contribution in [3.8, 4) is 11.8 Å². The maximum Gasteiger partial charge on any atom is 0.205 e. The first-order chi connectivity index (χ1) is 10.1. The maximum atomic E-state index is 8.70. The monoisotopic (exact) mass is 316 g/mol. The number of nitrogens with two attached hydrogens (primary N) is 1. The summed E-state index contributed by atoms with van der Waals surface area (Å²) in [4.78, 5) is 4.30. The number of nitrogens with zero attached hydrogens (tertiary/aromatic N) is 3. The number of hydrogen-bond acceptors (Lipinski definition) is 3. The number of aromatic nitrogens is 2. The standard InChI is InChI=1S/C15H10Cl2N4/c16-11-7-13-14(8-12(11)17)21(15(19)20-13)10-3-1-9(2-4-10)5-6-18/h1-4,7-8H,5H2,(H2,19,20). The van der Waals surface area contributed by atoms with E-state index in [0.29, 0.717) is 27.9 Å². The number of halogens is 2. The summed E-state index contributed by atoms with van der Waals surface area (Å²) >= 11 is 12.1. The van der Waals surface area contributed by atoms with Crippen LogP contribution in [-0.2, 0) is 6.42 Å². The van der Waals surface area contributed by atoms with Gasteiger partial charge in [-0.3, -0.25) is 4.57 Å². The first-order valence-corrected chi connectivity index (χ1v) is 6.95. The van der Waals surface area contributed by atoms with E-state index in [1.807, 2.05) is 24.3 Å². The second-order valence-electron chi connectivity index (χ2n) is 4.56. The third-order valence-corrected chi connectivity index (χ3v) is 3.92. The van der Waals surface area contributed by atoms with Gasteiger partial charge in [-0.1, -0.05) is 35.3 Å². The van der Waals surface area contributed by atoms with Gasteiger partial charge in [0.05, 0.1) is 33.6 Å². The van der Waals surface area contributed by atoms with E-state index in [4.69, 9.17) is 34.2 Å². The van der Waals surface area contributed by atoms with Crippen molar-refractivity contribution in [2.45, 2.75) is 6.42 Å². The number of hydrogen-bond donors (Lipinski definition) is 1. The van der Waals surface area contributed by atoms with Crippen molar-refractivity contribution in [2.24, 2.45) is 0 Å². The van der Waals surface area contributed by atoms with E-state index in [1.54, 1.807) is 16.7 Å². The number of imidazole rings is 1. The Hall–Kier alpha value is -2.22. The van der Waals surface area contributed by atoms with E-state index in [1.165, 1.54) is 0 Å². The number of rotatable bonds is 2. The molecule has 1 aromatic heterocycles. The van der Waals surface area contributed by atoms with Gasteiger partial charge in [-0.2, -0.15) is 5.26 Å². The molecule has 0 aliphatic rings. The Morgan fingerprint density at radius 1 is 1.14 bits per heavy atom. The summed E-state index contributed by atoms with van der Waals surface area (Å²) in [6.07, 6.45) is 0.377. The highest BCUT2D eigenvalue weighted by Gasteiger charge is 2.12. The molecule has 0 aliphatic carbocycles. The van der Waals surface area contributed by atoms with Gasteiger partial charge in [-0.25, -0.2) is 4.98 Å². The Morgan fingerprint density at radius 2 is 1.81 bits per heavy atom. The van der Waals surface area contributed by atoms with Crippen LogP contribution >= 0.6 is 23.2 Å². The normalized spacial score (nSPS) is 10.7. The van der Waals surface area contributed by atoms with Crippen molar-refractivity contribution in [1.82, 2.24) is 9.55 Å². The molecule has 3 rings (SSSR count). The molecule has 6 heteroatoms. The average Bonchev–Trinajstić information content (AvgIpc) is 2.76. The van der Waals surface area contributed by atoms with E-state index < -0.39 is 0 Å². The Balaban J connectivity index is 2.17. The summed E-state index contributed by atoms with van der Waals surface area (Å²) in [5, 5.41) is 9.60. The molecule has 0 amide bonds. The van der Waals surface area contributed by atoms with Crippen LogP contribution in [0.15, 0.2) is 36.4 Å². The van der Waals surface area contributed by atoms with Crippen molar-refractivity contribution < 1.29 is 0 Å². The summed E-state index contributed by atoms with van der Waals surface area (Å²) in [5.74, 6) is 0.358. The van der Waals surface area contributed by atoms with Crippen LogP contribution in [0, 0.1) is 11.3 Å². The van der Waals surface area contributed by atoms with Crippen LogP contribution < -0.4 is 5.73 Å². The number of fused-ring (bicyclic) bond motifs is 1. The highest BCUT2D eigenvalue weighted by Crippen LogP contribution is 2.30. The Bertz CT molecular complexity index is 860. The van der Waals surface area contributed by atoms with Crippen LogP contribution in [0.1, 0.15) is 5.56 Å². The van der Waals surface area contributed by atoms with Crippen molar-refractivity contribution in [3.05, 3.63) is 52.0 Å². The maximum absolute atomic E-state index is 8.70. The molecule has 21 heavy (non-hydrogen) atoms. The largest absolute Gasteiger partial charge is 0.369 e. The van der Waals surface area contributed by atoms with E-state index in [0.717, 1.165) is 16.8 Å². The van der Waals surface area contributed by atoms with Crippen LogP contribution in [0.25, 0.3) is 16.7 Å². The van der Waals surface area contributed by atoms with Gasteiger partial charge < -0.3 is 5.73 Å². The molecule has 0 radical (unpaired) electrons. The van der Waals surface area contributed by atoms with E-state index in [9.17, 15) is 0 Å². The average molecular weight is 317 g/mol. The molecular formula is C15H10Cl2N4. The molecule has 2 aromatic carbocycles. The zero-order chi connectivity index (χ0) is 15.0. The Morgan fingerprint density at radius 3 is 2.48 bits per heavy atom. The molecule has 104 valence electrons. The van der Waals surface area contributed by atoms with Gasteiger partial charge in [-0.15, -0.1) is 0 Å². The lowest BCUT2D eigenvalue weighted by atomic mass is 10.1. The van der Waals surface area contributed by atoms with Gasteiger partial charge in [0.2, 0.25) is 5.95 Å². The smallest absolute Gasteiger partial charge is 0.205 e. The van der Waals surface area contributed by atoms with Gasteiger partial charge >= 0.3 is 0 Å². The zero-order valence-corrected chi connectivity index (χ0v) is 12.4. The van der Waals surface area contributed by atoms with Gasteiger partial charge in [0.25, 0.3) is 0 Å². The summed E-state index contributed by atoms with van der Waals surface area (Å²) in [6, 6.07) is 13.1. The second kappa shape index (κ2) is 5.28. The van der Waals surface area contributed by atoms with Crippen LogP contribution in [0.5, 0.6) is 0 Å². The second-order valence-corrected chi connectivity index (χ2v) is 5.38. The van der Waals surface area contributed by atoms with Crippen molar-refractivity contribution in [1.29, 1.82) is 5.26 Å². The molecule has 0 spiro atoms. The van der Waals surface area contributed by atoms with Gasteiger partial charge in [-0.05, 0) is 29.8 Å². The van der Waals surface area contributed by atoms with Crippen LogP contribution in [0.4, 0.5) is 5.95 Å². The third kappa shape index (κ3) is 2.42. The highest BCUT2D eigenvalue weighted by molar-refractivity contribution is 6.42. The molecule has 1 heterocycles. The minimum absolute atomic E-state index is 0.358. The molecule has 3 aromatic rings. The van der Waals surface area contributed by atoms with E-state index >= 15 is 0 Å². The molecule has 0 bridgehead atoms. The molecule has 2 N–H and O–H groups in total. The fraction of sp³-hybridized carbons (Fsp3) is 0.0667. The fourth-order valence-corrected chi connectivity index (χ4v) is 2.53. The SMILES string of the molecule is N#CCc1ccc(-n2c(N)nc3cc(Cl)c(Cl)cc32)cc1. The lowest BCUT2D eigenvalue weighted by Gasteiger charge is -2.07. The summed E-state index contributed by atoms with van der Waals surface area (Å²) in [6.45, 7) is 0. The minimum atomic E-state index is 0.358. The molecule has 0 aliphatic heterocycles. The van der Waals surface area contributed by atoms with Crippen molar-refractivity contribution in [2.75, 3.05) is 5.73 Å². The van der Waals surface area contributed by atoms with E-state index in [-0.39, 0.29) is 0 Å². The molecular weight excluding hydrogens is 307 g/mol.